The second-order valence-corrected chi connectivity index (χ2v) is 8.81. The molecule has 0 fully saturated rings. The van der Waals surface area contributed by atoms with E-state index in [2.05, 4.69) is 63.0 Å². The zero-order chi connectivity index (χ0) is 19.4. The van der Waals surface area contributed by atoms with Crippen molar-refractivity contribution >= 4 is 43.2 Å². The Labute approximate surface area is 168 Å². The van der Waals surface area contributed by atoms with Crippen LogP contribution in [0.15, 0.2) is 48.7 Å². The predicted molar refractivity (Wildman–Crippen MR) is 119 cm³/mol. The van der Waals surface area contributed by atoms with Gasteiger partial charge in [-0.05, 0) is 48.9 Å². The predicted octanol–water partition coefficient (Wildman–Crippen LogP) is 6.80. The van der Waals surface area contributed by atoms with Crippen molar-refractivity contribution in [3.63, 3.8) is 0 Å². The molecule has 0 aliphatic heterocycles. The molecule has 5 rings (SSSR count). The standard InChI is InChI=1S/C24H21N3S/c1-13(2)21-17-9-6-5-8-16(17)12-19(27-21)22-20-14(3)15(4)28-24(20)23-18(26-22)10-7-11-25-23/h5-13H,1-4H3. The normalized spacial score (nSPS) is 11.9. The molecular formula is C24H21N3S. The van der Waals surface area contributed by atoms with Gasteiger partial charge < -0.3 is 0 Å². The van der Waals surface area contributed by atoms with Gasteiger partial charge in [0, 0.05) is 21.8 Å². The van der Waals surface area contributed by atoms with E-state index in [1.807, 2.05) is 18.3 Å². The van der Waals surface area contributed by atoms with Crippen molar-refractivity contribution in [2.75, 3.05) is 0 Å². The Morgan fingerprint density at radius 1 is 0.964 bits per heavy atom. The highest BCUT2D eigenvalue weighted by Gasteiger charge is 2.19. The second kappa shape index (κ2) is 6.35. The number of pyridine rings is 3. The van der Waals surface area contributed by atoms with E-state index in [0.717, 1.165) is 28.1 Å². The summed E-state index contributed by atoms with van der Waals surface area (Å²) < 4.78 is 1.21. The highest BCUT2D eigenvalue weighted by Crippen LogP contribution is 2.40. The van der Waals surface area contributed by atoms with Crippen molar-refractivity contribution in [3.8, 4) is 11.4 Å². The summed E-state index contributed by atoms with van der Waals surface area (Å²) >= 11 is 1.80. The lowest BCUT2D eigenvalue weighted by molar-refractivity contribution is 0.836. The number of aryl methyl sites for hydroxylation is 2. The summed E-state index contributed by atoms with van der Waals surface area (Å²) in [4.78, 5) is 16.1. The Morgan fingerprint density at radius 2 is 1.79 bits per heavy atom. The molecule has 28 heavy (non-hydrogen) atoms. The number of nitrogens with zero attached hydrogens (tertiary/aromatic N) is 3. The third-order valence-electron chi connectivity index (χ3n) is 5.42. The van der Waals surface area contributed by atoms with Crippen LogP contribution < -0.4 is 0 Å². The van der Waals surface area contributed by atoms with Crippen LogP contribution in [0.3, 0.4) is 0 Å². The maximum atomic E-state index is 5.10. The molecule has 0 amide bonds. The molecule has 0 saturated carbocycles. The third kappa shape index (κ3) is 2.52. The number of aromatic nitrogens is 3. The molecule has 1 aromatic carbocycles. The summed E-state index contributed by atoms with van der Waals surface area (Å²) in [6.45, 7) is 8.75. The van der Waals surface area contributed by atoms with Gasteiger partial charge in [0.2, 0.25) is 0 Å². The van der Waals surface area contributed by atoms with Gasteiger partial charge >= 0.3 is 0 Å². The molecule has 0 saturated heterocycles. The van der Waals surface area contributed by atoms with Crippen LogP contribution in [-0.4, -0.2) is 15.0 Å². The SMILES string of the molecule is Cc1sc2c(c(-c3cc4ccccc4c(C(C)C)n3)nc3cccnc32)c1C. The summed E-state index contributed by atoms with van der Waals surface area (Å²) in [6.07, 6.45) is 1.85. The van der Waals surface area contributed by atoms with Crippen LogP contribution in [0.5, 0.6) is 0 Å². The molecule has 0 aliphatic rings. The van der Waals surface area contributed by atoms with Gasteiger partial charge in [0.15, 0.2) is 0 Å². The fourth-order valence-corrected chi connectivity index (χ4v) is 5.06. The first-order valence-electron chi connectivity index (χ1n) is 9.59. The molecule has 0 spiro atoms. The van der Waals surface area contributed by atoms with Gasteiger partial charge in [0.05, 0.1) is 27.3 Å². The lowest BCUT2D eigenvalue weighted by Gasteiger charge is -2.13. The van der Waals surface area contributed by atoms with E-state index in [9.17, 15) is 0 Å². The van der Waals surface area contributed by atoms with Crippen molar-refractivity contribution in [1.82, 2.24) is 15.0 Å². The molecule has 0 radical (unpaired) electrons. The van der Waals surface area contributed by atoms with Gasteiger partial charge in [-0.15, -0.1) is 11.3 Å². The van der Waals surface area contributed by atoms with E-state index < -0.39 is 0 Å². The second-order valence-electron chi connectivity index (χ2n) is 7.59. The van der Waals surface area contributed by atoms with E-state index in [0.29, 0.717) is 5.92 Å². The maximum Gasteiger partial charge on any atom is 0.106 e. The molecule has 138 valence electrons. The summed E-state index contributed by atoms with van der Waals surface area (Å²) in [6, 6.07) is 14.7. The maximum absolute atomic E-state index is 5.10. The number of benzene rings is 1. The van der Waals surface area contributed by atoms with Crippen molar-refractivity contribution in [2.24, 2.45) is 0 Å². The summed E-state index contributed by atoms with van der Waals surface area (Å²) in [5.74, 6) is 0.341. The lowest BCUT2D eigenvalue weighted by atomic mass is 9.99. The summed E-state index contributed by atoms with van der Waals surface area (Å²) in [5, 5.41) is 3.62. The first-order chi connectivity index (χ1) is 13.5. The summed E-state index contributed by atoms with van der Waals surface area (Å²) in [7, 11) is 0. The van der Waals surface area contributed by atoms with Crippen molar-refractivity contribution < 1.29 is 0 Å². The summed E-state index contributed by atoms with van der Waals surface area (Å²) in [5.41, 5.74) is 6.21. The van der Waals surface area contributed by atoms with Crippen LogP contribution in [0, 0.1) is 13.8 Å². The van der Waals surface area contributed by atoms with Crippen molar-refractivity contribution in [3.05, 3.63) is 64.8 Å². The van der Waals surface area contributed by atoms with Gasteiger partial charge in [-0.25, -0.2) is 4.98 Å². The quantitative estimate of drug-likeness (QED) is 0.336. The zero-order valence-electron chi connectivity index (χ0n) is 16.4. The average molecular weight is 384 g/mol. The van der Waals surface area contributed by atoms with Crippen LogP contribution >= 0.6 is 11.3 Å². The Hall–Kier alpha value is -2.85. The van der Waals surface area contributed by atoms with E-state index in [1.165, 1.54) is 31.3 Å². The van der Waals surface area contributed by atoms with Crippen LogP contribution in [0.4, 0.5) is 0 Å². The minimum Gasteiger partial charge on any atom is -0.253 e. The highest BCUT2D eigenvalue weighted by molar-refractivity contribution is 7.20. The molecule has 0 unspecified atom stereocenters. The van der Waals surface area contributed by atoms with Gasteiger partial charge in [0.1, 0.15) is 5.52 Å². The molecule has 4 aromatic heterocycles. The third-order valence-corrected chi connectivity index (χ3v) is 6.63. The lowest BCUT2D eigenvalue weighted by Crippen LogP contribution is -1.99. The Bertz CT molecular complexity index is 1370. The van der Waals surface area contributed by atoms with Crippen molar-refractivity contribution in [1.29, 1.82) is 0 Å². The number of fused-ring (bicyclic) bond motifs is 4. The topological polar surface area (TPSA) is 38.7 Å². The first-order valence-corrected chi connectivity index (χ1v) is 10.4. The number of thiophene rings is 1. The van der Waals surface area contributed by atoms with E-state index in [-0.39, 0.29) is 0 Å². The molecule has 4 heterocycles. The largest absolute Gasteiger partial charge is 0.253 e. The van der Waals surface area contributed by atoms with Gasteiger partial charge in [0.25, 0.3) is 0 Å². The van der Waals surface area contributed by atoms with Crippen molar-refractivity contribution in [2.45, 2.75) is 33.6 Å². The van der Waals surface area contributed by atoms with E-state index in [4.69, 9.17) is 9.97 Å². The molecule has 5 aromatic rings. The van der Waals surface area contributed by atoms with Gasteiger partial charge in [-0.3, -0.25) is 9.97 Å². The molecule has 0 N–H and O–H groups in total. The average Bonchev–Trinajstić information content (AvgIpc) is 3.01. The van der Waals surface area contributed by atoms with Gasteiger partial charge in [-0.2, -0.15) is 0 Å². The minimum absolute atomic E-state index is 0.341. The Morgan fingerprint density at radius 3 is 2.61 bits per heavy atom. The number of rotatable bonds is 2. The minimum atomic E-state index is 0.341. The smallest absolute Gasteiger partial charge is 0.106 e. The highest BCUT2D eigenvalue weighted by atomic mass is 32.1. The fraction of sp³-hybridized carbons (Fsp3) is 0.208. The zero-order valence-corrected chi connectivity index (χ0v) is 17.3. The molecule has 3 nitrogen and oxygen atoms in total. The molecule has 0 aliphatic carbocycles. The van der Waals surface area contributed by atoms with Crippen LogP contribution in [0.1, 0.15) is 35.9 Å². The fourth-order valence-electron chi connectivity index (χ4n) is 3.89. The Balaban J connectivity index is 1.93. The van der Waals surface area contributed by atoms with Gasteiger partial charge in [-0.1, -0.05) is 38.1 Å². The Kier molecular flexibility index (Phi) is 3.91. The molecule has 0 atom stereocenters. The monoisotopic (exact) mass is 383 g/mol. The number of hydrogen-bond acceptors (Lipinski definition) is 4. The number of hydrogen-bond donors (Lipinski definition) is 0. The van der Waals surface area contributed by atoms with E-state index in [1.54, 1.807) is 11.3 Å². The molecule has 0 bridgehead atoms. The van der Waals surface area contributed by atoms with E-state index >= 15 is 0 Å². The molecular weight excluding hydrogens is 362 g/mol. The van der Waals surface area contributed by atoms with Crippen LogP contribution in [-0.2, 0) is 0 Å². The first kappa shape index (κ1) is 17.3. The van der Waals surface area contributed by atoms with Crippen LogP contribution in [0.2, 0.25) is 0 Å². The molecule has 4 heteroatoms. The van der Waals surface area contributed by atoms with Crippen LogP contribution in [0.25, 0.3) is 43.3 Å².